The van der Waals surface area contributed by atoms with Gasteiger partial charge in [-0.05, 0) is 13.3 Å². The summed E-state index contributed by atoms with van der Waals surface area (Å²) in [6.07, 6.45) is 0.493. The summed E-state index contributed by atoms with van der Waals surface area (Å²) in [6, 6.07) is 0. The lowest BCUT2D eigenvalue weighted by molar-refractivity contribution is -0.0103. The Morgan fingerprint density at radius 2 is 2.00 bits per heavy atom. The maximum absolute atomic E-state index is 10.2. The molecular formula is C4H10NO. The molecule has 2 heteroatoms. The van der Waals surface area contributed by atoms with Gasteiger partial charge in [0.05, 0.1) is 0 Å². The van der Waals surface area contributed by atoms with Gasteiger partial charge in [-0.1, -0.05) is 6.92 Å². The fourth-order valence-electron chi connectivity index (χ4n) is 0. The van der Waals surface area contributed by atoms with Gasteiger partial charge in [0.1, 0.15) is 5.72 Å². The fraction of sp³-hybridized carbons (Fsp3) is 1.00. The third kappa shape index (κ3) is 3.92. The molecule has 2 nitrogen and oxygen atoms in total. The highest BCUT2D eigenvalue weighted by Crippen LogP contribution is 1.96. The third-order valence-corrected chi connectivity index (χ3v) is 0.702. The lowest BCUT2D eigenvalue weighted by atomic mass is 10.2. The zero-order valence-electron chi connectivity index (χ0n) is 4.19. The summed E-state index contributed by atoms with van der Waals surface area (Å²) in [7, 11) is 0. The molecule has 1 radical (unpaired) electrons. The molecule has 0 rings (SSSR count). The first-order valence-corrected chi connectivity index (χ1v) is 2.05. The van der Waals surface area contributed by atoms with Gasteiger partial charge in [-0.2, -0.15) is 0 Å². The van der Waals surface area contributed by atoms with E-state index in [1.165, 1.54) is 6.92 Å². The zero-order chi connectivity index (χ0) is 5.21. The molecule has 0 aromatic rings. The minimum absolute atomic E-state index is 0.493. The van der Waals surface area contributed by atoms with Gasteiger partial charge in [0.2, 0.25) is 0 Å². The quantitative estimate of drug-likeness (QED) is 0.466. The van der Waals surface area contributed by atoms with Gasteiger partial charge in [-0.3, -0.25) is 0 Å². The molecule has 0 spiro atoms. The molecule has 0 saturated heterocycles. The van der Waals surface area contributed by atoms with Crippen molar-refractivity contribution in [3.05, 3.63) is 0 Å². The molecule has 0 fully saturated rings. The Kier molecular flexibility index (Phi) is 1.56. The van der Waals surface area contributed by atoms with Crippen LogP contribution in [0.5, 0.6) is 0 Å². The standard InChI is InChI=1S/C4H10NO/c1-3-4(2,5)6/h3,5H2,1-2H3. The molecule has 0 amide bonds. The van der Waals surface area contributed by atoms with E-state index in [0.29, 0.717) is 6.42 Å². The largest absolute Gasteiger partial charge is 0.301 e. The third-order valence-electron chi connectivity index (χ3n) is 0.702. The van der Waals surface area contributed by atoms with E-state index in [9.17, 15) is 5.11 Å². The van der Waals surface area contributed by atoms with Crippen molar-refractivity contribution in [2.24, 2.45) is 5.73 Å². The predicted molar refractivity (Wildman–Crippen MR) is 23.6 cm³/mol. The van der Waals surface area contributed by atoms with E-state index in [0.717, 1.165) is 0 Å². The number of nitrogens with two attached hydrogens (primary N) is 1. The van der Waals surface area contributed by atoms with Gasteiger partial charge in [0, 0.05) is 0 Å². The Hall–Kier alpha value is -0.0800. The average Bonchev–Trinajstić information content (AvgIpc) is 1.35. The van der Waals surface area contributed by atoms with Crippen LogP contribution in [0.3, 0.4) is 0 Å². The summed E-state index contributed by atoms with van der Waals surface area (Å²) in [5, 5.41) is 10.2. The molecule has 0 aliphatic heterocycles. The summed E-state index contributed by atoms with van der Waals surface area (Å²) >= 11 is 0. The van der Waals surface area contributed by atoms with E-state index in [4.69, 9.17) is 5.73 Å². The minimum Gasteiger partial charge on any atom is -0.301 e. The van der Waals surface area contributed by atoms with Crippen LogP contribution in [-0.2, 0) is 5.11 Å². The van der Waals surface area contributed by atoms with Crippen LogP contribution < -0.4 is 5.73 Å². The first-order chi connectivity index (χ1) is 2.56. The Balaban J connectivity index is 3.17. The Labute approximate surface area is 38.0 Å². The van der Waals surface area contributed by atoms with Crippen LogP contribution in [0.1, 0.15) is 20.3 Å². The molecule has 0 heterocycles. The second kappa shape index (κ2) is 1.58. The van der Waals surface area contributed by atoms with E-state index in [1.54, 1.807) is 6.92 Å². The van der Waals surface area contributed by atoms with Crippen LogP contribution in [0.4, 0.5) is 0 Å². The van der Waals surface area contributed by atoms with Crippen LogP contribution in [0.25, 0.3) is 0 Å². The van der Waals surface area contributed by atoms with Gasteiger partial charge < -0.3 is 5.73 Å². The van der Waals surface area contributed by atoms with Crippen molar-refractivity contribution >= 4 is 0 Å². The lowest BCUT2D eigenvalue weighted by Crippen LogP contribution is -2.32. The van der Waals surface area contributed by atoms with Crippen molar-refractivity contribution in [3.63, 3.8) is 0 Å². The van der Waals surface area contributed by atoms with Gasteiger partial charge >= 0.3 is 0 Å². The van der Waals surface area contributed by atoms with Gasteiger partial charge in [-0.25, -0.2) is 5.11 Å². The van der Waals surface area contributed by atoms with Crippen molar-refractivity contribution in [1.29, 1.82) is 0 Å². The van der Waals surface area contributed by atoms with Crippen molar-refractivity contribution in [3.8, 4) is 0 Å². The van der Waals surface area contributed by atoms with Gasteiger partial charge in [-0.15, -0.1) is 0 Å². The zero-order valence-corrected chi connectivity index (χ0v) is 4.19. The average molecular weight is 88.1 g/mol. The van der Waals surface area contributed by atoms with Gasteiger partial charge in [0.15, 0.2) is 0 Å². The SMILES string of the molecule is CCC(C)(N)[O]. The molecule has 0 bridgehead atoms. The van der Waals surface area contributed by atoms with Crippen molar-refractivity contribution in [1.82, 2.24) is 0 Å². The van der Waals surface area contributed by atoms with Crippen molar-refractivity contribution < 1.29 is 5.11 Å². The second-order valence-electron chi connectivity index (χ2n) is 1.67. The second-order valence-corrected chi connectivity index (χ2v) is 1.67. The Morgan fingerprint density at radius 3 is 2.00 bits per heavy atom. The number of hydrogen-bond acceptors (Lipinski definition) is 1. The lowest BCUT2D eigenvalue weighted by Gasteiger charge is -2.07. The normalized spacial score (nSPS) is 20.0. The van der Waals surface area contributed by atoms with Crippen LogP contribution >= 0.6 is 0 Å². The Bertz CT molecular complexity index is 37.3. The van der Waals surface area contributed by atoms with E-state index < -0.39 is 5.72 Å². The van der Waals surface area contributed by atoms with Crippen molar-refractivity contribution in [2.45, 2.75) is 26.0 Å². The fourth-order valence-corrected chi connectivity index (χ4v) is 0. The Morgan fingerprint density at radius 1 is 1.83 bits per heavy atom. The molecule has 2 N–H and O–H groups in total. The minimum atomic E-state index is -1.21. The van der Waals surface area contributed by atoms with Gasteiger partial charge in [0.25, 0.3) is 0 Å². The molecule has 0 aliphatic rings. The van der Waals surface area contributed by atoms with E-state index >= 15 is 0 Å². The highest BCUT2D eigenvalue weighted by atomic mass is 16.3. The maximum Gasteiger partial charge on any atom is 0.148 e. The molecule has 1 atom stereocenters. The van der Waals surface area contributed by atoms with E-state index in [1.807, 2.05) is 0 Å². The number of rotatable bonds is 1. The topological polar surface area (TPSA) is 45.9 Å². The molecule has 0 saturated carbocycles. The number of hydrogen-bond donors (Lipinski definition) is 1. The maximum atomic E-state index is 10.2. The smallest absolute Gasteiger partial charge is 0.148 e. The summed E-state index contributed by atoms with van der Waals surface area (Å²) in [6.45, 7) is 3.24. The molecule has 6 heavy (non-hydrogen) atoms. The first-order valence-electron chi connectivity index (χ1n) is 2.05. The summed E-state index contributed by atoms with van der Waals surface area (Å²) in [5.41, 5.74) is 3.77. The highest BCUT2D eigenvalue weighted by molar-refractivity contribution is 4.56. The van der Waals surface area contributed by atoms with Crippen LogP contribution in [-0.4, -0.2) is 5.72 Å². The van der Waals surface area contributed by atoms with E-state index in [-0.39, 0.29) is 0 Å². The highest BCUT2D eigenvalue weighted by Gasteiger charge is 2.09. The summed E-state index contributed by atoms with van der Waals surface area (Å²) < 4.78 is 0. The molecule has 1 unspecified atom stereocenters. The van der Waals surface area contributed by atoms with Crippen LogP contribution in [0.2, 0.25) is 0 Å². The van der Waals surface area contributed by atoms with E-state index in [2.05, 4.69) is 0 Å². The summed E-state index contributed by atoms with van der Waals surface area (Å²) in [5.74, 6) is 0. The summed E-state index contributed by atoms with van der Waals surface area (Å²) in [4.78, 5) is 0. The monoisotopic (exact) mass is 88.1 g/mol. The van der Waals surface area contributed by atoms with Crippen LogP contribution in [0.15, 0.2) is 0 Å². The van der Waals surface area contributed by atoms with Crippen molar-refractivity contribution in [2.75, 3.05) is 0 Å². The molecule has 0 aromatic heterocycles. The first kappa shape index (κ1) is 5.92. The predicted octanol–water partition coefficient (Wildman–Crippen LogP) is 0.502. The molecule has 0 aliphatic carbocycles. The van der Waals surface area contributed by atoms with Crippen LogP contribution in [0, 0.1) is 0 Å². The molecular weight excluding hydrogens is 78.0 g/mol. The molecule has 37 valence electrons. The molecule has 0 aromatic carbocycles.